The van der Waals surface area contributed by atoms with Crippen molar-refractivity contribution in [3.8, 4) is 17.2 Å². The molecule has 1 amide bonds. The number of benzene rings is 2. The minimum atomic E-state index is -0.239. The first kappa shape index (κ1) is 19.1. The average molecular weight is 369 g/mol. The number of carbonyl (C=O) groups excluding carboxylic acids is 1. The molecule has 0 fully saturated rings. The van der Waals surface area contributed by atoms with Crippen LogP contribution < -0.4 is 19.5 Å². The fraction of sp³-hybridized carbons (Fsp3) is 0.409. The summed E-state index contributed by atoms with van der Waals surface area (Å²) in [5.74, 6) is 2.05. The summed E-state index contributed by atoms with van der Waals surface area (Å²) >= 11 is 0. The Morgan fingerprint density at radius 1 is 1.22 bits per heavy atom. The van der Waals surface area contributed by atoms with Gasteiger partial charge in [0, 0.05) is 18.5 Å². The van der Waals surface area contributed by atoms with E-state index >= 15 is 0 Å². The van der Waals surface area contributed by atoms with Crippen LogP contribution >= 0.6 is 0 Å². The van der Waals surface area contributed by atoms with Crippen molar-refractivity contribution in [3.05, 3.63) is 53.1 Å². The maximum absolute atomic E-state index is 12.1. The van der Waals surface area contributed by atoms with Gasteiger partial charge < -0.3 is 19.5 Å². The number of rotatable bonds is 7. The Hall–Kier alpha value is -2.69. The Morgan fingerprint density at radius 2 is 2.04 bits per heavy atom. The number of ether oxygens (including phenoxy) is 3. The van der Waals surface area contributed by atoms with E-state index in [0.717, 1.165) is 29.0 Å². The van der Waals surface area contributed by atoms with Crippen LogP contribution in [0.15, 0.2) is 36.4 Å². The Morgan fingerprint density at radius 3 is 2.81 bits per heavy atom. The van der Waals surface area contributed by atoms with E-state index in [4.69, 9.17) is 14.2 Å². The van der Waals surface area contributed by atoms with Gasteiger partial charge in [0.25, 0.3) is 5.91 Å². The second-order valence-corrected chi connectivity index (χ2v) is 7.49. The van der Waals surface area contributed by atoms with Gasteiger partial charge in [-0.25, -0.2) is 0 Å². The lowest BCUT2D eigenvalue weighted by molar-refractivity contribution is -0.123. The van der Waals surface area contributed by atoms with Crippen molar-refractivity contribution in [1.29, 1.82) is 0 Å². The molecule has 0 bridgehead atoms. The topological polar surface area (TPSA) is 56.8 Å². The summed E-state index contributed by atoms with van der Waals surface area (Å²) in [5.41, 5.74) is 3.12. The van der Waals surface area contributed by atoms with E-state index in [2.05, 4.69) is 11.4 Å². The average Bonchev–Trinajstić information content (AvgIpc) is 2.94. The Labute approximate surface area is 160 Å². The lowest BCUT2D eigenvalue weighted by Gasteiger charge is -2.18. The predicted molar refractivity (Wildman–Crippen MR) is 105 cm³/mol. The molecule has 1 heterocycles. The molecule has 1 N–H and O–H groups in total. The molecule has 0 atom stereocenters. The molecule has 0 saturated carbocycles. The Balaban J connectivity index is 1.51. The molecule has 144 valence electrons. The van der Waals surface area contributed by atoms with Crippen molar-refractivity contribution in [1.82, 2.24) is 5.32 Å². The number of methoxy groups -OCH3 is 1. The predicted octanol–water partition coefficient (Wildman–Crippen LogP) is 3.45. The first-order valence-electron chi connectivity index (χ1n) is 9.22. The maximum Gasteiger partial charge on any atom is 0.257 e. The zero-order valence-corrected chi connectivity index (χ0v) is 16.4. The van der Waals surface area contributed by atoms with Crippen molar-refractivity contribution >= 4 is 5.91 Å². The third-order valence-electron chi connectivity index (χ3n) is 4.57. The molecule has 2 aromatic carbocycles. The molecule has 5 heteroatoms. The van der Waals surface area contributed by atoms with Crippen LogP contribution in [0, 0.1) is 6.92 Å². The van der Waals surface area contributed by atoms with Crippen LogP contribution in [0.2, 0.25) is 0 Å². The van der Waals surface area contributed by atoms with Crippen LogP contribution in [0.4, 0.5) is 0 Å². The van der Waals surface area contributed by atoms with E-state index in [0.29, 0.717) is 18.7 Å². The maximum atomic E-state index is 12.1. The van der Waals surface area contributed by atoms with E-state index in [9.17, 15) is 4.79 Å². The summed E-state index contributed by atoms with van der Waals surface area (Å²) in [6.45, 7) is 6.62. The van der Waals surface area contributed by atoms with Gasteiger partial charge in [-0.2, -0.15) is 0 Å². The van der Waals surface area contributed by atoms with Crippen LogP contribution in [0.3, 0.4) is 0 Å². The van der Waals surface area contributed by atoms with Gasteiger partial charge in [0.15, 0.2) is 18.1 Å². The molecule has 0 unspecified atom stereocenters. The number of para-hydroxylation sites is 1. The van der Waals surface area contributed by atoms with Crippen LogP contribution in [0.1, 0.15) is 30.5 Å². The summed E-state index contributed by atoms with van der Waals surface area (Å²) in [6.07, 6.45) is 1.54. The molecule has 0 spiro atoms. The zero-order chi connectivity index (χ0) is 19.4. The normalized spacial score (nSPS) is 14.2. The van der Waals surface area contributed by atoms with E-state index in [1.807, 2.05) is 51.1 Å². The fourth-order valence-electron chi connectivity index (χ4n) is 3.33. The number of nitrogens with one attached hydrogen (secondary N) is 1. The second kappa shape index (κ2) is 7.91. The summed E-state index contributed by atoms with van der Waals surface area (Å²) < 4.78 is 17.0. The van der Waals surface area contributed by atoms with Gasteiger partial charge in [0.1, 0.15) is 11.4 Å². The van der Waals surface area contributed by atoms with Gasteiger partial charge in [-0.05, 0) is 44.9 Å². The van der Waals surface area contributed by atoms with Gasteiger partial charge in [-0.15, -0.1) is 0 Å². The molecule has 0 aliphatic carbocycles. The third-order valence-corrected chi connectivity index (χ3v) is 4.57. The highest BCUT2D eigenvalue weighted by Gasteiger charge is 2.32. The van der Waals surface area contributed by atoms with Crippen molar-refractivity contribution < 1.29 is 19.0 Å². The summed E-state index contributed by atoms with van der Waals surface area (Å²) in [7, 11) is 1.66. The highest BCUT2D eigenvalue weighted by Crippen LogP contribution is 2.41. The molecule has 27 heavy (non-hydrogen) atoms. The molecule has 0 saturated heterocycles. The van der Waals surface area contributed by atoms with Gasteiger partial charge in [0.05, 0.1) is 7.11 Å². The molecule has 2 aromatic rings. The van der Waals surface area contributed by atoms with Crippen molar-refractivity contribution in [2.45, 2.75) is 39.2 Å². The van der Waals surface area contributed by atoms with Crippen LogP contribution in [-0.2, 0) is 17.6 Å². The monoisotopic (exact) mass is 369 g/mol. The number of fused-ring (bicyclic) bond motifs is 1. The molecule has 0 aromatic heterocycles. The van der Waals surface area contributed by atoms with Gasteiger partial charge >= 0.3 is 0 Å². The molecule has 1 aliphatic rings. The van der Waals surface area contributed by atoms with Crippen LogP contribution in [-0.4, -0.2) is 31.8 Å². The molecule has 5 nitrogen and oxygen atoms in total. The minimum absolute atomic E-state index is 0.0365. The SMILES string of the molecule is COc1ccc(C)cc1CCNC(=O)COc1cccc2c1OC(C)(C)C2. The highest BCUT2D eigenvalue weighted by molar-refractivity contribution is 5.77. The lowest BCUT2D eigenvalue weighted by Crippen LogP contribution is -2.30. The molecule has 0 radical (unpaired) electrons. The summed E-state index contributed by atoms with van der Waals surface area (Å²) in [6, 6.07) is 11.8. The number of aryl methyl sites for hydroxylation is 1. The fourth-order valence-corrected chi connectivity index (χ4v) is 3.33. The first-order valence-corrected chi connectivity index (χ1v) is 9.22. The smallest absolute Gasteiger partial charge is 0.257 e. The van der Waals surface area contributed by atoms with Gasteiger partial charge in [-0.1, -0.05) is 29.8 Å². The van der Waals surface area contributed by atoms with E-state index in [1.54, 1.807) is 7.11 Å². The largest absolute Gasteiger partial charge is 0.496 e. The Bertz CT molecular complexity index is 829. The molecular formula is C22H27NO4. The van der Waals surface area contributed by atoms with E-state index in [-0.39, 0.29) is 18.1 Å². The van der Waals surface area contributed by atoms with Crippen molar-refractivity contribution in [2.75, 3.05) is 20.3 Å². The summed E-state index contributed by atoms with van der Waals surface area (Å²) in [5, 5.41) is 2.90. The Kier molecular flexibility index (Phi) is 5.59. The van der Waals surface area contributed by atoms with Crippen LogP contribution in [0.25, 0.3) is 0 Å². The number of carbonyl (C=O) groups is 1. The van der Waals surface area contributed by atoms with Gasteiger partial charge in [0.2, 0.25) is 0 Å². The number of hydrogen-bond donors (Lipinski definition) is 1. The first-order chi connectivity index (χ1) is 12.9. The third kappa shape index (κ3) is 4.73. The van der Waals surface area contributed by atoms with E-state index in [1.165, 1.54) is 5.56 Å². The van der Waals surface area contributed by atoms with Gasteiger partial charge in [-0.3, -0.25) is 4.79 Å². The number of hydrogen-bond acceptors (Lipinski definition) is 4. The zero-order valence-electron chi connectivity index (χ0n) is 16.4. The quantitative estimate of drug-likeness (QED) is 0.812. The summed E-state index contributed by atoms with van der Waals surface area (Å²) in [4.78, 5) is 12.1. The van der Waals surface area contributed by atoms with E-state index < -0.39 is 0 Å². The lowest BCUT2D eigenvalue weighted by atomic mass is 10.0. The van der Waals surface area contributed by atoms with Crippen LogP contribution in [0.5, 0.6) is 17.2 Å². The molecule has 1 aliphatic heterocycles. The standard InChI is InChI=1S/C22H27NO4/c1-15-8-9-18(25-4)16(12-15)10-11-23-20(24)14-26-19-7-5-6-17-13-22(2,3)27-21(17)19/h5-9,12H,10-11,13-14H2,1-4H3,(H,23,24). The molecular weight excluding hydrogens is 342 g/mol. The molecule has 3 rings (SSSR count). The number of amides is 1. The minimum Gasteiger partial charge on any atom is -0.496 e. The second-order valence-electron chi connectivity index (χ2n) is 7.49. The van der Waals surface area contributed by atoms with Crippen molar-refractivity contribution in [3.63, 3.8) is 0 Å². The highest BCUT2D eigenvalue weighted by atomic mass is 16.5. The van der Waals surface area contributed by atoms with Crippen molar-refractivity contribution in [2.24, 2.45) is 0 Å².